The Morgan fingerprint density at radius 2 is 1.87 bits per heavy atom. The van der Waals surface area contributed by atoms with E-state index in [0.717, 1.165) is 37.8 Å². The van der Waals surface area contributed by atoms with Crippen LogP contribution in [0, 0.1) is 41.4 Å². The summed E-state index contributed by atoms with van der Waals surface area (Å²) in [6, 6.07) is 3.87. The van der Waals surface area contributed by atoms with Crippen molar-refractivity contribution in [3.8, 4) is 17.6 Å². The number of hydrogen-bond donors (Lipinski definition) is 4. The molecule has 0 radical (unpaired) electrons. The van der Waals surface area contributed by atoms with E-state index < -0.39 is 5.54 Å². The number of aliphatic hydroxyl groups excluding tert-OH is 1. The maximum atomic E-state index is 10.6. The van der Waals surface area contributed by atoms with Crippen LogP contribution in [0.2, 0.25) is 0 Å². The lowest BCUT2D eigenvalue weighted by Gasteiger charge is -2.70. The predicted octanol–water partition coefficient (Wildman–Crippen LogP) is 5.23. The fourth-order valence-electron chi connectivity index (χ4n) is 10.2. The first-order valence-electron chi connectivity index (χ1n) is 15.9. The third-order valence-corrected chi connectivity index (χ3v) is 11.8. The standard InChI is InChI=1S/C34H50N2O3/c1-32(26-10-4-3-5-11-26)30-14-15-34(39-32)27-12-6-8-23(18-27)19-29-24(20-28(38)21-25(29)22-36-2)9-7-13-31(34)33(30,35)16-17-37/h20-21,23,26-27,30-31,36-38H,3-6,8-12,14-19,22,35H2,1-2H3/t23-,27-,30-,31+,32+,33-,34+/m0/s1. The summed E-state index contributed by atoms with van der Waals surface area (Å²) >= 11 is 0. The van der Waals surface area contributed by atoms with Gasteiger partial charge in [0, 0.05) is 31.0 Å². The first kappa shape index (κ1) is 27.6. The summed E-state index contributed by atoms with van der Waals surface area (Å²) < 4.78 is 7.65. The van der Waals surface area contributed by atoms with E-state index in [2.05, 4.69) is 24.1 Å². The second kappa shape index (κ2) is 10.7. The molecule has 7 rings (SSSR count). The molecule has 1 aromatic rings. The Balaban J connectivity index is 1.47. The number of aliphatic hydroxyl groups is 1. The molecule has 5 N–H and O–H groups in total. The second-order valence-corrected chi connectivity index (χ2v) is 13.9. The lowest BCUT2D eigenvalue weighted by atomic mass is 9.46. The largest absolute Gasteiger partial charge is 0.508 e. The van der Waals surface area contributed by atoms with E-state index in [1.54, 1.807) is 0 Å². The molecule has 39 heavy (non-hydrogen) atoms. The number of rotatable bonds is 5. The molecule has 2 saturated heterocycles. The van der Waals surface area contributed by atoms with E-state index in [1.165, 1.54) is 62.5 Å². The van der Waals surface area contributed by atoms with Gasteiger partial charge >= 0.3 is 0 Å². The van der Waals surface area contributed by atoms with Crippen molar-refractivity contribution in [1.29, 1.82) is 0 Å². The molecule has 2 aliphatic heterocycles. The topological polar surface area (TPSA) is 87.7 Å². The lowest BCUT2D eigenvalue weighted by Crippen LogP contribution is -2.79. The van der Waals surface area contributed by atoms with Crippen molar-refractivity contribution in [1.82, 2.24) is 5.32 Å². The van der Waals surface area contributed by atoms with Crippen molar-refractivity contribution in [3.05, 3.63) is 28.8 Å². The number of phenolic OH excluding ortho intramolecular Hbond substituents is 1. The molecule has 5 heteroatoms. The van der Waals surface area contributed by atoms with Crippen molar-refractivity contribution in [2.75, 3.05) is 13.7 Å². The molecule has 0 amide bonds. The number of nitrogens with two attached hydrogens (primary N) is 1. The van der Waals surface area contributed by atoms with E-state index in [4.69, 9.17) is 10.5 Å². The molecule has 5 nitrogen and oxygen atoms in total. The minimum atomic E-state index is -0.551. The third-order valence-electron chi connectivity index (χ3n) is 11.8. The molecule has 0 unspecified atom stereocenters. The summed E-state index contributed by atoms with van der Waals surface area (Å²) in [4.78, 5) is 0. The highest BCUT2D eigenvalue weighted by Crippen LogP contribution is 2.64. The van der Waals surface area contributed by atoms with Crippen LogP contribution in [0.1, 0.15) is 101 Å². The van der Waals surface area contributed by atoms with E-state index >= 15 is 0 Å². The Morgan fingerprint density at radius 1 is 1.08 bits per heavy atom. The minimum absolute atomic E-state index is 0.0769. The highest BCUT2D eigenvalue weighted by atomic mass is 16.5. The van der Waals surface area contributed by atoms with Crippen LogP contribution in [0.15, 0.2) is 12.1 Å². The van der Waals surface area contributed by atoms with Crippen molar-refractivity contribution in [2.45, 2.75) is 120 Å². The molecule has 4 bridgehead atoms. The zero-order chi connectivity index (χ0) is 27.3. The van der Waals surface area contributed by atoms with E-state index in [-0.39, 0.29) is 29.6 Å². The molecule has 7 atom stereocenters. The number of phenols is 1. The van der Waals surface area contributed by atoms with Crippen LogP contribution in [0.25, 0.3) is 0 Å². The third kappa shape index (κ3) is 4.55. The van der Waals surface area contributed by atoms with Crippen LogP contribution in [-0.2, 0) is 24.1 Å². The average Bonchev–Trinajstić information content (AvgIpc) is 2.94. The monoisotopic (exact) mass is 534 g/mol. The van der Waals surface area contributed by atoms with Gasteiger partial charge in [-0.15, -0.1) is 0 Å². The van der Waals surface area contributed by atoms with Crippen LogP contribution in [0.3, 0.4) is 0 Å². The fraction of sp³-hybridized carbons (Fsp3) is 0.765. The van der Waals surface area contributed by atoms with Crippen molar-refractivity contribution < 1.29 is 14.9 Å². The highest BCUT2D eigenvalue weighted by molar-refractivity contribution is 5.44. The number of benzene rings is 1. The Bertz CT molecular complexity index is 1120. The van der Waals surface area contributed by atoms with Crippen molar-refractivity contribution >= 4 is 0 Å². The summed E-state index contributed by atoms with van der Waals surface area (Å²) in [7, 11) is 1.97. The lowest BCUT2D eigenvalue weighted by molar-refractivity contribution is -0.329. The van der Waals surface area contributed by atoms with E-state index in [0.29, 0.717) is 36.3 Å². The molecular weight excluding hydrogens is 484 g/mol. The fourth-order valence-corrected chi connectivity index (χ4v) is 10.2. The minimum Gasteiger partial charge on any atom is -0.508 e. The maximum absolute atomic E-state index is 10.6. The molecule has 1 aromatic carbocycles. The average molecular weight is 535 g/mol. The Kier molecular flexibility index (Phi) is 7.55. The Labute approximate surface area is 235 Å². The van der Waals surface area contributed by atoms with Gasteiger partial charge in [0.05, 0.1) is 17.1 Å². The second-order valence-electron chi connectivity index (χ2n) is 13.9. The molecule has 4 aliphatic carbocycles. The van der Waals surface area contributed by atoms with Crippen LogP contribution < -0.4 is 11.1 Å². The quantitative estimate of drug-likeness (QED) is 0.389. The van der Waals surface area contributed by atoms with Crippen LogP contribution in [0.5, 0.6) is 5.75 Å². The van der Waals surface area contributed by atoms with Gasteiger partial charge in [0.2, 0.25) is 0 Å². The van der Waals surface area contributed by atoms with Gasteiger partial charge in [-0.25, -0.2) is 0 Å². The van der Waals surface area contributed by atoms with Gasteiger partial charge in [-0.2, -0.15) is 0 Å². The summed E-state index contributed by atoms with van der Waals surface area (Å²) in [5.41, 5.74) is 10.2. The number of hydrogen-bond acceptors (Lipinski definition) is 5. The van der Waals surface area contributed by atoms with Crippen LogP contribution in [0.4, 0.5) is 0 Å². The molecule has 1 spiro atoms. The summed E-state index contributed by atoms with van der Waals surface area (Å²) in [5, 5.41) is 24.3. The van der Waals surface area contributed by atoms with Gasteiger partial charge in [-0.1, -0.05) is 43.9 Å². The van der Waals surface area contributed by atoms with Gasteiger partial charge in [0.15, 0.2) is 0 Å². The first-order chi connectivity index (χ1) is 18.8. The molecule has 2 heterocycles. The maximum Gasteiger partial charge on any atom is 0.116 e. The number of aromatic hydroxyl groups is 1. The summed E-state index contributed by atoms with van der Waals surface area (Å²) in [5.74, 6) is 9.38. The van der Waals surface area contributed by atoms with Crippen molar-refractivity contribution in [3.63, 3.8) is 0 Å². The molecule has 0 aromatic heterocycles. The predicted molar refractivity (Wildman–Crippen MR) is 155 cm³/mol. The molecule has 5 fully saturated rings. The summed E-state index contributed by atoms with van der Waals surface area (Å²) in [6.07, 6.45) is 15.5. The van der Waals surface area contributed by atoms with Crippen LogP contribution in [-0.4, -0.2) is 40.6 Å². The normalized spacial score (nSPS) is 40.1. The summed E-state index contributed by atoms with van der Waals surface area (Å²) in [6.45, 7) is 3.24. The number of fused-ring (bicyclic) bond motifs is 5. The SMILES string of the molecule is CNCc1cc(O)cc2c1C[C@H]1CCC[C@@H](C1)[C@]13CC[C@H]([C@@](N)(CCO)[C@H]1C#CC2)[C@@](C)(C1CCCCC1)O3. The van der Waals surface area contributed by atoms with Gasteiger partial charge < -0.3 is 26.0 Å². The molecule has 6 aliphatic rings. The molecule has 214 valence electrons. The van der Waals surface area contributed by atoms with Gasteiger partial charge in [0.25, 0.3) is 0 Å². The highest BCUT2D eigenvalue weighted by Gasteiger charge is 2.70. The van der Waals surface area contributed by atoms with Gasteiger partial charge in [-0.05, 0) is 112 Å². The van der Waals surface area contributed by atoms with Gasteiger partial charge in [0.1, 0.15) is 5.75 Å². The zero-order valence-electron chi connectivity index (χ0n) is 24.2. The van der Waals surface area contributed by atoms with Crippen molar-refractivity contribution in [2.24, 2.45) is 35.3 Å². The van der Waals surface area contributed by atoms with E-state index in [9.17, 15) is 10.2 Å². The molecular formula is C34H50N2O3. The van der Waals surface area contributed by atoms with E-state index in [1.807, 2.05) is 19.2 Å². The first-order valence-corrected chi connectivity index (χ1v) is 15.9. The number of nitrogens with one attached hydrogen (secondary N) is 1. The Morgan fingerprint density at radius 3 is 2.64 bits per heavy atom. The zero-order valence-corrected chi connectivity index (χ0v) is 24.2. The van der Waals surface area contributed by atoms with Crippen LogP contribution >= 0.6 is 0 Å². The smallest absolute Gasteiger partial charge is 0.116 e. The molecule has 3 saturated carbocycles. The van der Waals surface area contributed by atoms with Gasteiger partial charge in [-0.3, -0.25) is 0 Å². The Hall–Kier alpha value is -1.58. The number of ether oxygens (including phenoxy) is 1.